The van der Waals surface area contributed by atoms with Gasteiger partial charge in [0.1, 0.15) is 11.6 Å². The summed E-state index contributed by atoms with van der Waals surface area (Å²) in [4.78, 5) is 15.6. The van der Waals surface area contributed by atoms with E-state index in [4.69, 9.17) is 0 Å². The summed E-state index contributed by atoms with van der Waals surface area (Å²) in [5.41, 5.74) is 4.80. The SMILES string of the molecule is N#CC(=Cc1ccc(N2Cc3ccccc3C2)cc1)C(=O)NCc1cccs1. The molecule has 1 aromatic heterocycles. The fourth-order valence-electron chi connectivity index (χ4n) is 3.29. The second-order valence-electron chi connectivity index (χ2n) is 6.65. The van der Waals surface area contributed by atoms with E-state index >= 15 is 0 Å². The molecule has 5 heteroatoms. The first-order valence-electron chi connectivity index (χ1n) is 9.07. The Labute approximate surface area is 168 Å². The molecular weight excluding hydrogens is 366 g/mol. The molecule has 2 aromatic carbocycles. The Bertz CT molecular complexity index is 1020. The molecule has 0 saturated heterocycles. The summed E-state index contributed by atoms with van der Waals surface area (Å²) < 4.78 is 0. The van der Waals surface area contributed by atoms with Gasteiger partial charge in [-0.3, -0.25) is 4.79 Å². The first-order valence-corrected chi connectivity index (χ1v) is 9.95. The Hall–Kier alpha value is -3.36. The Kier molecular flexibility index (Phi) is 5.22. The summed E-state index contributed by atoms with van der Waals surface area (Å²) in [5.74, 6) is -0.352. The first-order chi connectivity index (χ1) is 13.7. The monoisotopic (exact) mass is 385 g/mol. The van der Waals surface area contributed by atoms with Gasteiger partial charge < -0.3 is 10.2 Å². The van der Waals surface area contributed by atoms with Crippen molar-refractivity contribution in [3.63, 3.8) is 0 Å². The molecule has 1 aliphatic rings. The van der Waals surface area contributed by atoms with E-state index in [1.54, 1.807) is 17.4 Å². The average molecular weight is 385 g/mol. The normalized spacial score (nSPS) is 13.1. The number of carbonyl (C=O) groups excluding carboxylic acids is 1. The minimum atomic E-state index is -0.352. The first kappa shape index (κ1) is 18.0. The predicted octanol–water partition coefficient (Wildman–Crippen LogP) is 4.49. The maximum Gasteiger partial charge on any atom is 0.262 e. The van der Waals surface area contributed by atoms with Crippen LogP contribution in [0.1, 0.15) is 21.6 Å². The lowest BCUT2D eigenvalue weighted by Crippen LogP contribution is -2.23. The molecule has 1 amide bonds. The van der Waals surface area contributed by atoms with Crippen molar-refractivity contribution in [1.29, 1.82) is 5.26 Å². The van der Waals surface area contributed by atoms with Gasteiger partial charge in [0.2, 0.25) is 0 Å². The number of hydrogen-bond donors (Lipinski definition) is 1. The molecule has 0 bridgehead atoms. The highest BCUT2D eigenvalue weighted by Gasteiger charge is 2.18. The van der Waals surface area contributed by atoms with Crippen molar-refractivity contribution in [3.05, 3.63) is 93.2 Å². The molecule has 0 radical (unpaired) electrons. The van der Waals surface area contributed by atoms with E-state index < -0.39 is 0 Å². The van der Waals surface area contributed by atoms with Crippen LogP contribution in [-0.2, 0) is 24.4 Å². The number of thiophene rings is 1. The van der Waals surface area contributed by atoms with Crippen molar-refractivity contribution in [2.24, 2.45) is 0 Å². The smallest absolute Gasteiger partial charge is 0.262 e. The zero-order valence-electron chi connectivity index (χ0n) is 15.3. The number of amides is 1. The van der Waals surface area contributed by atoms with E-state index in [9.17, 15) is 10.1 Å². The summed E-state index contributed by atoms with van der Waals surface area (Å²) >= 11 is 1.58. The molecule has 4 nitrogen and oxygen atoms in total. The molecule has 0 saturated carbocycles. The van der Waals surface area contributed by atoms with Gasteiger partial charge in [0.05, 0.1) is 6.54 Å². The molecule has 2 heterocycles. The van der Waals surface area contributed by atoms with E-state index in [0.29, 0.717) is 6.54 Å². The molecule has 1 N–H and O–H groups in total. The molecule has 0 atom stereocenters. The number of nitriles is 1. The summed E-state index contributed by atoms with van der Waals surface area (Å²) in [5, 5.41) is 14.1. The fraction of sp³-hybridized carbons (Fsp3) is 0.130. The zero-order valence-corrected chi connectivity index (χ0v) is 16.1. The van der Waals surface area contributed by atoms with Gasteiger partial charge in [-0.15, -0.1) is 11.3 Å². The molecule has 28 heavy (non-hydrogen) atoms. The van der Waals surface area contributed by atoms with Gasteiger partial charge in [-0.2, -0.15) is 5.26 Å². The van der Waals surface area contributed by atoms with Gasteiger partial charge in [-0.1, -0.05) is 42.5 Å². The van der Waals surface area contributed by atoms with Gasteiger partial charge in [0.25, 0.3) is 5.91 Å². The van der Waals surface area contributed by atoms with E-state index in [1.807, 2.05) is 47.8 Å². The highest BCUT2D eigenvalue weighted by Crippen LogP contribution is 2.28. The minimum Gasteiger partial charge on any atom is -0.363 e. The van der Waals surface area contributed by atoms with Gasteiger partial charge in [-0.05, 0) is 46.3 Å². The summed E-state index contributed by atoms with van der Waals surface area (Å²) in [6.45, 7) is 2.24. The number of nitrogens with one attached hydrogen (secondary N) is 1. The van der Waals surface area contributed by atoms with Crippen LogP contribution in [0.15, 0.2) is 71.6 Å². The highest BCUT2D eigenvalue weighted by molar-refractivity contribution is 7.09. The summed E-state index contributed by atoms with van der Waals surface area (Å²) in [7, 11) is 0. The number of benzene rings is 2. The van der Waals surface area contributed by atoms with Crippen LogP contribution in [0.25, 0.3) is 6.08 Å². The van der Waals surface area contributed by atoms with Crippen LogP contribution >= 0.6 is 11.3 Å². The van der Waals surface area contributed by atoms with Gasteiger partial charge in [-0.25, -0.2) is 0 Å². The third-order valence-electron chi connectivity index (χ3n) is 4.78. The topological polar surface area (TPSA) is 56.1 Å². The Morgan fingerprint density at radius 2 is 1.79 bits per heavy atom. The van der Waals surface area contributed by atoms with Crippen molar-refractivity contribution in [2.75, 3.05) is 4.90 Å². The second-order valence-corrected chi connectivity index (χ2v) is 7.68. The molecule has 0 aliphatic carbocycles. The van der Waals surface area contributed by atoms with Crippen LogP contribution in [0.5, 0.6) is 0 Å². The Morgan fingerprint density at radius 1 is 1.07 bits per heavy atom. The van der Waals surface area contributed by atoms with E-state index in [1.165, 1.54) is 11.1 Å². The maximum atomic E-state index is 12.3. The van der Waals surface area contributed by atoms with E-state index in [0.717, 1.165) is 29.2 Å². The second kappa shape index (κ2) is 8.12. The summed E-state index contributed by atoms with van der Waals surface area (Å²) in [6.07, 6.45) is 1.63. The number of rotatable bonds is 5. The van der Waals surface area contributed by atoms with E-state index in [-0.39, 0.29) is 11.5 Å². The van der Waals surface area contributed by atoms with Crippen LogP contribution < -0.4 is 10.2 Å². The lowest BCUT2D eigenvalue weighted by Gasteiger charge is -2.17. The molecule has 138 valence electrons. The largest absolute Gasteiger partial charge is 0.363 e. The molecule has 0 spiro atoms. The summed E-state index contributed by atoms with van der Waals surface area (Å²) in [6, 6.07) is 22.3. The van der Waals surface area contributed by atoms with Crippen LogP contribution in [0.2, 0.25) is 0 Å². The molecule has 0 unspecified atom stereocenters. The zero-order chi connectivity index (χ0) is 19.3. The Balaban J connectivity index is 1.43. The van der Waals surface area contributed by atoms with Crippen LogP contribution in [0.3, 0.4) is 0 Å². The Morgan fingerprint density at radius 3 is 2.39 bits per heavy atom. The lowest BCUT2D eigenvalue weighted by atomic mass is 10.1. The van der Waals surface area contributed by atoms with Crippen molar-refractivity contribution in [1.82, 2.24) is 5.32 Å². The van der Waals surface area contributed by atoms with Crippen LogP contribution in [0, 0.1) is 11.3 Å². The molecule has 1 aliphatic heterocycles. The average Bonchev–Trinajstić information content (AvgIpc) is 3.40. The van der Waals surface area contributed by atoms with Gasteiger partial charge >= 0.3 is 0 Å². The number of anilines is 1. The minimum absolute atomic E-state index is 0.109. The highest BCUT2D eigenvalue weighted by atomic mass is 32.1. The van der Waals surface area contributed by atoms with Crippen molar-refractivity contribution < 1.29 is 4.79 Å². The quantitative estimate of drug-likeness (QED) is 0.520. The third kappa shape index (κ3) is 3.98. The number of nitrogens with zero attached hydrogens (tertiary/aromatic N) is 2. The van der Waals surface area contributed by atoms with Crippen molar-refractivity contribution in [2.45, 2.75) is 19.6 Å². The van der Waals surface area contributed by atoms with E-state index in [2.05, 4.69) is 34.5 Å². The van der Waals surface area contributed by atoms with Gasteiger partial charge in [0.15, 0.2) is 0 Å². The van der Waals surface area contributed by atoms with Gasteiger partial charge in [0, 0.05) is 23.7 Å². The lowest BCUT2D eigenvalue weighted by molar-refractivity contribution is -0.117. The number of carbonyl (C=O) groups is 1. The molecular formula is C23H19N3OS. The predicted molar refractivity (Wildman–Crippen MR) is 113 cm³/mol. The third-order valence-corrected chi connectivity index (χ3v) is 5.65. The fourth-order valence-corrected chi connectivity index (χ4v) is 3.93. The van der Waals surface area contributed by atoms with Crippen molar-refractivity contribution in [3.8, 4) is 6.07 Å². The standard InChI is InChI=1S/C23H19N3OS/c24-13-20(23(27)25-14-22-6-3-11-28-22)12-17-7-9-21(10-8-17)26-15-18-4-1-2-5-19(18)16-26/h1-12H,14-16H2,(H,25,27). The number of fused-ring (bicyclic) bond motifs is 1. The molecule has 0 fully saturated rings. The molecule has 4 rings (SSSR count). The number of hydrogen-bond acceptors (Lipinski definition) is 4. The molecule has 3 aromatic rings. The van der Waals surface area contributed by atoms with Crippen LogP contribution in [0.4, 0.5) is 5.69 Å². The van der Waals surface area contributed by atoms with Crippen LogP contribution in [-0.4, -0.2) is 5.91 Å². The maximum absolute atomic E-state index is 12.3. The van der Waals surface area contributed by atoms with Crippen molar-refractivity contribution >= 4 is 29.0 Å².